The molecule has 0 N–H and O–H groups in total. The predicted molar refractivity (Wildman–Crippen MR) is 102 cm³/mol. The second-order valence-electron chi connectivity index (χ2n) is 6.61. The van der Waals surface area contributed by atoms with Crippen LogP contribution in [0, 0.1) is 6.92 Å². The lowest BCUT2D eigenvalue weighted by atomic mass is 10.3. The summed E-state index contributed by atoms with van der Waals surface area (Å²) >= 11 is 1.54. The summed E-state index contributed by atoms with van der Waals surface area (Å²) in [4.78, 5) is 19.1. The van der Waals surface area contributed by atoms with Crippen molar-refractivity contribution in [1.29, 1.82) is 0 Å². The molecule has 1 fully saturated rings. The molecule has 1 amide bonds. The Morgan fingerprint density at radius 2 is 1.92 bits per heavy atom. The number of aromatic nitrogens is 2. The standard InChI is InChI=1S/C19H22N4OS/c1-14-16-13-17(18(24)22-10-6-9-21(2)11-12-22)25-19(16)23(20-14)15-7-4-3-5-8-15/h3-5,7-8,13H,6,9-12H2,1-2H3. The highest BCUT2D eigenvalue weighted by molar-refractivity contribution is 7.20. The van der Waals surface area contributed by atoms with Crippen molar-refractivity contribution in [3.05, 3.63) is 47.0 Å². The molecule has 5 nitrogen and oxygen atoms in total. The Balaban J connectivity index is 1.68. The van der Waals surface area contributed by atoms with Crippen LogP contribution < -0.4 is 0 Å². The van der Waals surface area contributed by atoms with Gasteiger partial charge in [-0.2, -0.15) is 5.10 Å². The number of nitrogens with zero attached hydrogens (tertiary/aromatic N) is 4. The van der Waals surface area contributed by atoms with E-state index in [1.807, 2.05) is 52.9 Å². The number of hydrogen-bond donors (Lipinski definition) is 0. The van der Waals surface area contributed by atoms with Crippen molar-refractivity contribution in [1.82, 2.24) is 19.6 Å². The fourth-order valence-corrected chi connectivity index (χ4v) is 4.45. The highest BCUT2D eigenvalue weighted by Crippen LogP contribution is 2.31. The van der Waals surface area contributed by atoms with Crippen molar-refractivity contribution in [3.8, 4) is 5.69 Å². The van der Waals surface area contributed by atoms with Crippen LogP contribution in [0.2, 0.25) is 0 Å². The number of aryl methyl sites for hydroxylation is 1. The minimum atomic E-state index is 0.149. The molecule has 1 aliphatic rings. The monoisotopic (exact) mass is 354 g/mol. The molecule has 25 heavy (non-hydrogen) atoms. The van der Waals surface area contributed by atoms with Crippen LogP contribution in [-0.4, -0.2) is 58.7 Å². The second-order valence-corrected chi connectivity index (χ2v) is 7.64. The Bertz CT molecular complexity index is 899. The van der Waals surface area contributed by atoms with Gasteiger partial charge in [0.15, 0.2) is 0 Å². The number of para-hydroxylation sites is 1. The van der Waals surface area contributed by atoms with Gasteiger partial charge < -0.3 is 9.80 Å². The van der Waals surface area contributed by atoms with Crippen molar-refractivity contribution < 1.29 is 4.79 Å². The third kappa shape index (κ3) is 3.07. The van der Waals surface area contributed by atoms with Crippen molar-refractivity contribution in [2.45, 2.75) is 13.3 Å². The summed E-state index contributed by atoms with van der Waals surface area (Å²) in [5.74, 6) is 0.149. The molecule has 0 atom stereocenters. The number of carbonyl (C=O) groups is 1. The Morgan fingerprint density at radius 3 is 2.72 bits per heavy atom. The van der Waals surface area contributed by atoms with Crippen LogP contribution >= 0.6 is 11.3 Å². The summed E-state index contributed by atoms with van der Waals surface area (Å²) in [5.41, 5.74) is 1.99. The second kappa shape index (κ2) is 6.61. The van der Waals surface area contributed by atoms with E-state index in [2.05, 4.69) is 17.0 Å². The van der Waals surface area contributed by atoms with E-state index in [0.717, 1.165) is 59.1 Å². The molecule has 1 aliphatic heterocycles. The number of fused-ring (bicyclic) bond motifs is 1. The van der Waals surface area contributed by atoms with Crippen molar-refractivity contribution >= 4 is 27.5 Å². The molecule has 0 radical (unpaired) electrons. The zero-order valence-corrected chi connectivity index (χ0v) is 15.4. The van der Waals surface area contributed by atoms with Gasteiger partial charge in [-0.15, -0.1) is 11.3 Å². The molecule has 3 heterocycles. The number of thiophene rings is 1. The van der Waals surface area contributed by atoms with E-state index in [0.29, 0.717) is 0 Å². The number of hydrogen-bond acceptors (Lipinski definition) is 4. The summed E-state index contributed by atoms with van der Waals surface area (Å²) in [6.07, 6.45) is 1.03. The van der Waals surface area contributed by atoms with Gasteiger partial charge in [0.25, 0.3) is 5.91 Å². The highest BCUT2D eigenvalue weighted by atomic mass is 32.1. The zero-order valence-electron chi connectivity index (χ0n) is 14.6. The van der Waals surface area contributed by atoms with Crippen LogP contribution in [0.15, 0.2) is 36.4 Å². The van der Waals surface area contributed by atoms with Crippen LogP contribution in [0.3, 0.4) is 0 Å². The molecule has 4 rings (SSSR count). The fourth-order valence-electron chi connectivity index (χ4n) is 3.30. The SMILES string of the molecule is Cc1nn(-c2ccccc2)c2sc(C(=O)N3CCCN(C)CC3)cc12. The maximum Gasteiger partial charge on any atom is 0.264 e. The quantitative estimate of drug-likeness (QED) is 0.710. The van der Waals surface area contributed by atoms with Crippen LogP contribution in [0.1, 0.15) is 21.8 Å². The van der Waals surface area contributed by atoms with Crippen molar-refractivity contribution in [2.75, 3.05) is 33.2 Å². The predicted octanol–water partition coefficient (Wildman–Crippen LogP) is 3.17. The van der Waals surface area contributed by atoms with Crippen molar-refractivity contribution in [2.24, 2.45) is 0 Å². The molecule has 1 aromatic carbocycles. The first kappa shape index (κ1) is 16.3. The molecule has 0 bridgehead atoms. The molecule has 2 aromatic heterocycles. The number of rotatable bonds is 2. The van der Waals surface area contributed by atoms with Crippen LogP contribution in [0.25, 0.3) is 15.9 Å². The lowest BCUT2D eigenvalue weighted by molar-refractivity contribution is 0.0767. The molecule has 0 unspecified atom stereocenters. The Kier molecular flexibility index (Phi) is 4.31. The summed E-state index contributed by atoms with van der Waals surface area (Å²) < 4.78 is 1.95. The maximum absolute atomic E-state index is 13.0. The molecular weight excluding hydrogens is 332 g/mol. The molecule has 0 spiro atoms. The Hall–Kier alpha value is -2.18. The molecule has 1 saturated heterocycles. The first-order valence-corrected chi connectivity index (χ1v) is 9.47. The van der Waals surface area contributed by atoms with Gasteiger partial charge in [0.05, 0.1) is 16.3 Å². The highest BCUT2D eigenvalue weighted by Gasteiger charge is 2.23. The average Bonchev–Trinajstić information content (AvgIpc) is 3.11. The van der Waals surface area contributed by atoms with E-state index < -0.39 is 0 Å². The fraction of sp³-hybridized carbons (Fsp3) is 0.368. The first-order valence-electron chi connectivity index (χ1n) is 8.66. The summed E-state index contributed by atoms with van der Waals surface area (Å²) in [6.45, 7) is 5.63. The van der Waals surface area contributed by atoms with E-state index >= 15 is 0 Å². The van der Waals surface area contributed by atoms with Gasteiger partial charge in [0.2, 0.25) is 0 Å². The summed E-state index contributed by atoms with van der Waals surface area (Å²) in [6, 6.07) is 12.1. The Morgan fingerprint density at radius 1 is 1.12 bits per heavy atom. The zero-order chi connectivity index (χ0) is 17.4. The molecule has 130 valence electrons. The van der Waals surface area contributed by atoms with Gasteiger partial charge in [-0.05, 0) is 45.1 Å². The number of benzene rings is 1. The third-order valence-corrected chi connectivity index (χ3v) is 5.86. The lowest BCUT2D eigenvalue weighted by Gasteiger charge is -2.19. The first-order chi connectivity index (χ1) is 12.1. The molecule has 0 aliphatic carbocycles. The number of carbonyl (C=O) groups excluding carboxylic acids is 1. The Labute approximate surface area is 151 Å². The van der Waals surface area contributed by atoms with Gasteiger partial charge in [-0.1, -0.05) is 18.2 Å². The van der Waals surface area contributed by atoms with E-state index in [1.165, 1.54) is 0 Å². The topological polar surface area (TPSA) is 41.4 Å². The number of amides is 1. The molecular formula is C19H22N4OS. The third-order valence-electron chi connectivity index (χ3n) is 4.76. The van der Waals surface area contributed by atoms with Gasteiger partial charge in [-0.25, -0.2) is 4.68 Å². The van der Waals surface area contributed by atoms with E-state index in [1.54, 1.807) is 11.3 Å². The largest absolute Gasteiger partial charge is 0.337 e. The van der Waals surface area contributed by atoms with Crippen LogP contribution in [-0.2, 0) is 0 Å². The summed E-state index contributed by atoms with van der Waals surface area (Å²) in [5, 5.41) is 5.73. The van der Waals surface area contributed by atoms with E-state index in [4.69, 9.17) is 0 Å². The van der Waals surface area contributed by atoms with Crippen molar-refractivity contribution in [3.63, 3.8) is 0 Å². The number of likely N-dealkylation sites (N-methyl/N-ethyl adjacent to an activating group) is 1. The van der Waals surface area contributed by atoms with Gasteiger partial charge in [-0.3, -0.25) is 4.79 Å². The average molecular weight is 354 g/mol. The molecule has 0 saturated carbocycles. The van der Waals surface area contributed by atoms with Crippen LogP contribution in [0.5, 0.6) is 0 Å². The minimum absolute atomic E-state index is 0.149. The van der Waals surface area contributed by atoms with Gasteiger partial charge in [0, 0.05) is 25.0 Å². The normalized spacial score (nSPS) is 16.3. The van der Waals surface area contributed by atoms with E-state index in [9.17, 15) is 4.79 Å². The lowest BCUT2D eigenvalue weighted by Crippen LogP contribution is -2.34. The maximum atomic E-state index is 13.0. The molecule has 6 heteroatoms. The van der Waals surface area contributed by atoms with Crippen LogP contribution in [0.4, 0.5) is 0 Å². The van der Waals surface area contributed by atoms with Gasteiger partial charge in [0.1, 0.15) is 4.83 Å². The van der Waals surface area contributed by atoms with Gasteiger partial charge >= 0.3 is 0 Å². The minimum Gasteiger partial charge on any atom is -0.337 e. The molecule has 3 aromatic rings. The smallest absolute Gasteiger partial charge is 0.264 e. The summed E-state index contributed by atoms with van der Waals surface area (Å²) in [7, 11) is 2.12. The van der Waals surface area contributed by atoms with E-state index in [-0.39, 0.29) is 5.91 Å².